The maximum Gasteiger partial charge on any atom is 2.00 e. The predicted molar refractivity (Wildman–Crippen MR) is 14.8 cm³/mol. The van der Waals surface area contributed by atoms with Gasteiger partial charge in [0.25, 0.3) is 0 Å². The molecule has 0 amide bonds. The van der Waals surface area contributed by atoms with E-state index in [1.165, 1.54) is 0 Å². The zero-order chi connectivity index (χ0) is 2.00. The van der Waals surface area contributed by atoms with Crippen molar-refractivity contribution in [1.82, 2.24) is 0 Å². The third kappa shape index (κ3) is 27.1. The third-order valence-electron chi connectivity index (χ3n) is 0. The van der Waals surface area contributed by atoms with Crippen molar-refractivity contribution in [2.45, 2.75) is 0 Å². The smallest absolute Gasteiger partial charge is 0.693 e. The van der Waals surface area contributed by atoms with Crippen molar-refractivity contribution in [2.75, 3.05) is 0 Å². The molecule has 0 bridgehead atoms. The van der Waals surface area contributed by atoms with E-state index in [1.54, 1.807) is 0 Å². The van der Waals surface area contributed by atoms with Gasteiger partial charge in [-0.15, -0.1) is 0 Å². The zero-order valence-corrected chi connectivity index (χ0v) is 3.24. The van der Waals surface area contributed by atoms with Crippen LogP contribution in [0.15, 0.2) is 0 Å². The molecule has 0 atom stereocenters. The van der Waals surface area contributed by atoms with Gasteiger partial charge in [0, 0.05) is 0 Å². The molecule has 0 spiro atoms. The molecule has 2 nitrogen and oxygen atoms in total. The van der Waals surface area contributed by atoms with Crippen LogP contribution in [-0.2, 0) is 16.8 Å². The fourth-order valence-corrected chi connectivity index (χ4v) is 0. The van der Waals surface area contributed by atoms with Gasteiger partial charge in [-0.25, -0.2) is 0 Å². The zero-order valence-electron chi connectivity index (χ0n) is 2.20. The second-order valence-electron chi connectivity index (χ2n) is 0. The molecule has 0 fully saturated rings. The fourth-order valence-electron chi connectivity index (χ4n) is 0. The number of hydrogen-bond donors (Lipinski definition) is 1. The minimum absolute atomic E-state index is 0. The maximum atomic E-state index is 4.25. The van der Waals surface area contributed by atoms with Gasteiger partial charge in [0.05, 0.1) is 0 Å². The molecule has 4 N–H and O–H groups in total. The Morgan fingerprint density at radius 3 is 1.25 bits per heavy atom. The van der Waals surface area contributed by atoms with E-state index in [4.69, 9.17) is 0 Å². The Morgan fingerprint density at radius 2 is 1.25 bits per heavy atom. The summed E-state index contributed by atoms with van der Waals surface area (Å²) in [5.41, 5.74) is 4.25. The van der Waals surface area contributed by atoms with Gasteiger partial charge in [-0.3, -0.25) is 7.05 Å². The van der Waals surface area contributed by atoms with Gasteiger partial charge in [-0.05, 0) is 0 Å². The number of hydrogen-bond acceptors (Lipinski definition) is 1. The molecule has 0 rings (SSSR count). The summed E-state index contributed by atoms with van der Waals surface area (Å²) in [6.07, 6.45) is 0. The standard InChI is InChI=1S/CH4N.Co.H2N/c1-2;;/h1-2H2;;1H2/q-1;+2;-1. The van der Waals surface area contributed by atoms with Crippen LogP contribution in [0.3, 0.4) is 0 Å². The Labute approximate surface area is 36.5 Å². The maximum absolute atomic E-state index is 4.25. The van der Waals surface area contributed by atoms with Crippen molar-refractivity contribution in [3.8, 4) is 0 Å². The summed E-state index contributed by atoms with van der Waals surface area (Å²) in [7, 11) is 2.75. The molecular formula is CH6CoN2. The van der Waals surface area contributed by atoms with Gasteiger partial charge in [0.1, 0.15) is 0 Å². The molecule has 0 heterocycles. The average Bonchev–Trinajstić information content (AvgIpc) is 1.00. The molecule has 1 radical (unpaired) electrons. The summed E-state index contributed by atoms with van der Waals surface area (Å²) >= 11 is 0. The normalized spacial score (nSPS) is 1.50. The SMILES string of the molecule is [CH2-]N.[Co+2].[NH2-]. The second kappa shape index (κ2) is 111. The molecule has 0 aromatic carbocycles. The Bertz CT molecular complexity index is 6.00. The van der Waals surface area contributed by atoms with Crippen LogP contribution >= 0.6 is 0 Å². The first kappa shape index (κ1) is 25.5. The van der Waals surface area contributed by atoms with E-state index < -0.39 is 0 Å². The Kier molecular flexibility index (Phi) is 708. The molecule has 0 unspecified atom stereocenters. The number of rotatable bonds is 0. The van der Waals surface area contributed by atoms with Crippen molar-refractivity contribution in [3.05, 3.63) is 13.2 Å². The molecular weight excluding hydrogens is 99.0 g/mol. The fraction of sp³-hybridized carbons (Fsp3) is 0. The molecule has 0 saturated heterocycles. The van der Waals surface area contributed by atoms with E-state index in [0.717, 1.165) is 0 Å². The predicted octanol–water partition coefficient (Wildman–Crippen LogP) is 0.451. The summed E-state index contributed by atoms with van der Waals surface area (Å²) in [4.78, 5) is 0. The first-order valence-corrected chi connectivity index (χ1v) is 0.408. The first-order valence-electron chi connectivity index (χ1n) is 0.408. The van der Waals surface area contributed by atoms with Crippen LogP contribution in [0.1, 0.15) is 0 Å². The van der Waals surface area contributed by atoms with Crippen molar-refractivity contribution in [3.63, 3.8) is 0 Å². The van der Waals surface area contributed by atoms with Gasteiger partial charge < -0.3 is 11.9 Å². The van der Waals surface area contributed by atoms with E-state index in [-0.39, 0.29) is 22.9 Å². The molecule has 4 heavy (non-hydrogen) atoms. The van der Waals surface area contributed by atoms with Crippen LogP contribution in [0.4, 0.5) is 0 Å². The molecule has 0 saturated carbocycles. The Hall–Kier alpha value is 0.426. The van der Waals surface area contributed by atoms with Crippen LogP contribution < -0.4 is 5.73 Å². The summed E-state index contributed by atoms with van der Waals surface area (Å²) < 4.78 is 0. The molecule has 0 aromatic heterocycles. The minimum atomic E-state index is 0. The van der Waals surface area contributed by atoms with Crippen LogP contribution in [0.2, 0.25) is 0 Å². The monoisotopic (exact) mass is 105 g/mol. The van der Waals surface area contributed by atoms with Crippen LogP contribution in [0, 0.1) is 7.05 Å². The Balaban J connectivity index is -0.00000000500. The van der Waals surface area contributed by atoms with Crippen molar-refractivity contribution in [1.29, 1.82) is 0 Å². The largest absolute Gasteiger partial charge is 2.00 e. The second-order valence-corrected chi connectivity index (χ2v) is 0. The minimum Gasteiger partial charge on any atom is -0.693 e. The van der Waals surface area contributed by atoms with E-state index in [2.05, 4.69) is 12.8 Å². The van der Waals surface area contributed by atoms with Crippen LogP contribution in [-0.4, -0.2) is 0 Å². The van der Waals surface area contributed by atoms with Crippen molar-refractivity contribution < 1.29 is 16.8 Å². The van der Waals surface area contributed by atoms with E-state index in [1.807, 2.05) is 0 Å². The van der Waals surface area contributed by atoms with E-state index in [9.17, 15) is 0 Å². The van der Waals surface area contributed by atoms with Gasteiger partial charge in [0.2, 0.25) is 0 Å². The quantitative estimate of drug-likeness (QED) is 0.446. The van der Waals surface area contributed by atoms with Gasteiger partial charge in [0.15, 0.2) is 0 Å². The molecule has 3 heteroatoms. The first-order chi connectivity index (χ1) is 1.00. The molecule has 0 aromatic rings. The molecule has 0 aliphatic carbocycles. The van der Waals surface area contributed by atoms with Gasteiger partial charge in [-0.1, -0.05) is 0 Å². The summed E-state index contributed by atoms with van der Waals surface area (Å²) in [5.74, 6) is 0. The van der Waals surface area contributed by atoms with Crippen LogP contribution in [0.5, 0.6) is 0 Å². The summed E-state index contributed by atoms with van der Waals surface area (Å²) in [6.45, 7) is 0. The summed E-state index contributed by atoms with van der Waals surface area (Å²) in [5, 5.41) is 0. The average molecular weight is 105 g/mol. The third-order valence-corrected chi connectivity index (χ3v) is 0. The summed E-state index contributed by atoms with van der Waals surface area (Å²) in [6, 6.07) is 0. The number of nitrogens with two attached hydrogens (primary N) is 2. The molecule has 0 aliphatic rings. The van der Waals surface area contributed by atoms with Crippen molar-refractivity contribution in [2.24, 2.45) is 5.73 Å². The van der Waals surface area contributed by atoms with E-state index >= 15 is 0 Å². The Morgan fingerprint density at radius 1 is 1.25 bits per heavy atom. The van der Waals surface area contributed by atoms with Crippen LogP contribution in [0.25, 0.3) is 6.15 Å². The molecule has 29 valence electrons. The molecule has 0 aliphatic heterocycles. The van der Waals surface area contributed by atoms with Gasteiger partial charge in [-0.2, -0.15) is 0 Å². The van der Waals surface area contributed by atoms with E-state index in [0.29, 0.717) is 0 Å². The van der Waals surface area contributed by atoms with Gasteiger partial charge >= 0.3 is 16.8 Å². The van der Waals surface area contributed by atoms with Crippen molar-refractivity contribution >= 4 is 0 Å². The topological polar surface area (TPSA) is 59.5 Å².